The molecule has 3 heterocycles. The lowest BCUT2D eigenvalue weighted by atomic mass is 9.93. The zero-order valence-corrected chi connectivity index (χ0v) is 14.6. The number of aromatic nitrogens is 1. The van der Waals surface area contributed by atoms with Crippen molar-refractivity contribution in [3.8, 4) is 0 Å². The van der Waals surface area contributed by atoms with Crippen LogP contribution < -0.4 is 11.1 Å². The fourth-order valence-electron chi connectivity index (χ4n) is 4.61. The van der Waals surface area contributed by atoms with Crippen LogP contribution in [0.4, 0.5) is 0 Å². The molecule has 0 unspecified atom stereocenters. The Labute approximate surface area is 148 Å². The van der Waals surface area contributed by atoms with Gasteiger partial charge in [0.05, 0.1) is 12.1 Å². The van der Waals surface area contributed by atoms with Crippen molar-refractivity contribution < 1.29 is 14.3 Å². The Morgan fingerprint density at radius 2 is 2.08 bits per heavy atom. The van der Waals surface area contributed by atoms with Crippen LogP contribution in [0.1, 0.15) is 53.8 Å². The van der Waals surface area contributed by atoms with Crippen molar-refractivity contribution >= 4 is 11.8 Å². The molecule has 0 bridgehead atoms. The summed E-state index contributed by atoms with van der Waals surface area (Å²) in [5, 5.41) is 3.09. The second kappa shape index (κ2) is 6.83. The number of hydrogen-bond acceptors (Lipinski definition) is 3. The van der Waals surface area contributed by atoms with Gasteiger partial charge in [-0.3, -0.25) is 9.59 Å². The molecule has 0 spiro atoms. The summed E-state index contributed by atoms with van der Waals surface area (Å²) < 4.78 is 7.59. The van der Waals surface area contributed by atoms with E-state index in [0.717, 1.165) is 69.7 Å². The molecule has 1 saturated carbocycles. The van der Waals surface area contributed by atoms with Crippen LogP contribution >= 0.6 is 0 Å². The smallest absolute Gasteiger partial charge is 0.250 e. The Morgan fingerprint density at radius 3 is 2.84 bits per heavy atom. The summed E-state index contributed by atoms with van der Waals surface area (Å²) in [7, 11) is 0. The number of primary amides is 1. The highest BCUT2D eigenvalue weighted by Crippen LogP contribution is 2.47. The van der Waals surface area contributed by atoms with E-state index in [4.69, 9.17) is 10.5 Å². The number of ether oxygens (including phenoxy) is 1. The molecule has 3 N–H and O–H groups in total. The van der Waals surface area contributed by atoms with Gasteiger partial charge in [-0.05, 0) is 56.4 Å². The molecule has 0 aromatic carbocycles. The molecule has 4 rings (SSSR count). The molecule has 25 heavy (non-hydrogen) atoms. The van der Waals surface area contributed by atoms with Gasteiger partial charge in [-0.15, -0.1) is 0 Å². The molecule has 6 nitrogen and oxygen atoms in total. The second-order valence-corrected chi connectivity index (χ2v) is 7.64. The minimum atomic E-state index is -0.370. The maximum atomic E-state index is 12.5. The summed E-state index contributed by atoms with van der Waals surface area (Å²) in [5.41, 5.74) is 8.17. The van der Waals surface area contributed by atoms with Gasteiger partial charge >= 0.3 is 0 Å². The number of carbonyl (C=O) groups is 2. The van der Waals surface area contributed by atoms with Gasteiger partial charge in [-0.1, -0.05) is 0 Å². The average Bonchev–Trinajstić information content (AvgIpc) is 3.35. The predicted molar refractivity (Wildman–Crippen MR) is 92.9 cm³/mol. The first-order chi connectivity index (χ1) is 12.1. The van der Waals surface area contributed by atoms with E-state index < -0.39 is 0 Å². The molecule has 1 saturated heterocycles. The minimum Gasteiger partial charge on any atom is -0.381 e. The van der Waals surface area contributed by atoms with Crippen LogP contribution in [0.5, 0.6) is 0 Å². The normalized spacial score (nSPS) is 26.1. The minimum absolute atomic E-state index is 0.156. The number of amides is 2. The maximum Gasteiger partial charge on any atom is 0.250 e. The number of rotatable bonds is 5. The van der Waals surface area contributed by atoms with E-state index >= 15 is 0 Å². The maximum absolute atomic E-state index is 12.5. The summed E-state index contributed by atoms with van der Waals surface area (Å²) in [6.45, 7) is 3.06. The fourth-order valence-corrected chi connectivity index (χ4v) is 4.61. The first-order valence-electron chi connectivity index (χ1n) is 9.51. The Kier molecular flexibility index (Phi) is 4.54. The van der Waals surface area contributed by atoms with Crippen LogP contribution in [0.3, 0.4) is 0 Å². The van der Waals surface area contributed by atoms with Gasteiger partial charge in [0.25, 0.3) is 5.91 Å². The lowest BCUT2D eigenvalue weighted by molar-refractivity contribution is -0.123. The molecule has 2 aliphatic heterocycles. The first-order valence-corrected chi connectivity index (χ1v) is 9.51. The quantitative estimate of drug-likeness (QED) is 0.850. The van der Waals surface area contributed by atoms with Gasteiger partial charge in [-0.2, -0.15) is 0 Å². The molecule has 2 atom stereocenters. The molecule has 1 aromatic rings. The van der Waals surface area contributed by atoms with Crippen LogP contribution in [-0.4, -0.2) is 29.6 Å². The molecule has 6 heteroatoms. The van der Waals surface area contributed by atoms with Crippen molar-refractivity contribution in [1.29, 1.82) is 0 Å². The van der Waals surface area contributed by atoms with E-state index in [1.807, 2.05) is 6.07 Å². The van der Waals surface area contributed by atoms with Crippen LogP contribution in [0.15, 0.2) is 6.07 Å². The molecule has 2 amide bonds. The van der Waals surface area contributed by atoms with E-state index in [1.165, 1.54) is 0 Å². The highest BCUT2D eigenvalue weighted by molar-refractivity contribution is 5.94. The standard InChI is InChI=1S/C19H27N3O3/c20-18(23)16-9-13(22-6-2-1-3-17(16)22)11-21-19(24)15-10-14(15)12-4-7-25-8-5-12/h9,12,14-15H,1-8,10-11H2,(H2,20,23)(H,21,24)/t14-,15+/m0/s1. The fraction of sp³-hybridized carbons (Fsp3) is 0.684. The number of hydrogen-bond donors (Lipinski definition) is 2. The summed E-state index contributed by atoms with van der Waals surface area (Å²) in [4.78, 5) is 24.2. The van der Waals surface area contributed by atoms with Crippen LogP contribution in [0.2, 0.25) is 0 Å². The Morgan fingerprint density at radius 1 is 1.28 bits per heavy atom. The van der Waals surface area contributed by atoms with Crippen molar-refractivity contribution in [1.82, 2.24) is 9.88 Å². The SMILES string of the molecule is NC(=O)c1cc(CNC(=O)[C@@H]2C[C@H]2C2CCOCC2)n2c1CCCC2. The third-order valence-electron chi connectivity index (χ3n) is 6.10. The van der Waals surface area contributed by atoms with Gasteiger partial charge in [0, 0.05) is 37.1 Å². The van der Waals surface area contributed by atoms with Crippen LogP contribution in [0.25, 0.3) is 0 Å². The zero-order valence-electron chi connectivity index (χ0n) is 14.6. The number of nitrogens with zero attached hydrogens (tertiary/aromatic N) is 1. The van der Waals surface area contributed by atoms with Crippen molar-refractivity contribution in [2.75, 3.05) is 13.2 Å². The van der Waals surface area contributed by atoms with Gasteiger partial charge in [0.1, 0.15) is 0 Å². The van der Waals surface area contributed by atoms with E-state index in [1.54, 1.807) is 0 Å². The van der Waals surface area contributed by atoms with E-state index in [9.17, 15) is 9.59 Å². The van der Waals surface area contributed by atoms with Crippen molar-refractivity contribution in [2.24, 2.45) is 23.5 Å². The van der Waals surface area contributed by atoms with E-state index in [2.05, 4.69) is 9.88 Å². The molecule has 1 aliphatic carbocycles. The monoisotopic (exact) mass is 345 g/mol. The van der Waals surface area contributed by atoms with Crippen molar-refractivity contribution in [2.45, 2.75) is 51.6 Å². The molecule has 2 fully saturated rings. The lowest BCUT2D eigenvalue weighted by Gasteiger charge is -2.22. The lowest BCUT2D eigenvalue weighted by Crippen LogP contribution is -2.28. The third-order valence-corrected chi connectivity index (χ3v) is 6.10. The molecule has 1 aromatic heterocycles. The Bertz CT molecular complexity index is 676. The van der Waals surface area contributed by atoms with Crippen LogP contribution in [0, 0.1) is 17.8 Å². The second-order valence-electron chi connectivity index (χ2n) is 7.64. The predicted octanol–water partition coefficient (Wildman–Crippen LogP) is 1.60. The summed E-state index contributed by atoms with van der Waals surface area (Å²) in [6, 6.07) is 1.87. The van der Waals surface area contributed by atoms with Gasteiger partial charge < -0.3 is 20.4 Å². The van der Waals surface area contributed by atoms with Gasteiger partial charge in [0.15, 0.2) is 0 Å². The first kappa shape index (κ1) is 16.6. The summed E-state index contributed by atoms with van der Waals surface area (Å²) in [6.07, 6.45) is 6.27. The highest BCUT2D eigenvalue weighted by Gasteiger charge is 2.47. The summed E-state index contributed by atoms with van der Waals surface area (Å²) in [5.74, 6) is 1.13. The number of nitrogens with two attached hydrogens (primary N) is 1. The molecular formula is C19H27N3O3. The number of carbonyl (C=O) groups excluding carboxylic acids is 2. The Balaban J connectivity index is 1.37. The largest absolute Gasteiger partial charge is 0.381 e. The number of nitrogens with one attached hydrogen (secondary N) is 1. The van der Waals surface area contributed by atoms with Gasteiger partial charge in [0.2, 0.25) is 5.91 Å². The molecule has 0 radical (unpaired) electrons. The molecule has 3 aliphatic rings. The highest BCUT2D eigenvalue weighted by atomic mass is 16.5. The summed E-state index contributed by atoms with van der Waals surface area (Å²) >= 11 is 0. The van der Waals surface area contributed by atoms with Crippen LogP contribution in [-0.2, 0) is 29.0 Å². The Hall–Kier alpha value is -1.82. The molecule has 136 valence electrons. The molecular weight excluding hydrogens is 318 g/mol. The van der Waals surface area contributed by atoms with Crippen molar-refractivity contribution in [3.63, 3.8) is 0 Å². The zero-order chi connectivity index (χ0) is 17.4. The van der Waals surface area contributed by atoms with E-state index in [-0.39, 0.29) is 17.7 Å². The van der Waals surface area contributed by atoms with Gasteiger partial charge in [-0.25, -0.2) is 0 Å². The average molecular weight is 345 g/mol. The van der Waals surface area contributed by atoms with E-state index in [0.29, 0.717) is 23.9 Å². The van der Waals surface area contributed by atoms with Crippen molar-refractivity contribution in [3.05, 3.63) is 23.0 Å². The third kappa shape index (κ3) is 3.32. The topological polar surface area (TPSA) is 86.3 Å². The number of fused-ring (bicyclic) bond motifs is 1.